The van der Waals surface area contributed by atoms with Crippen LogP contribution < -0.4 is 0 Å². The molecule has 17 heavy (non-hydrogen) atoms. The summed E-state index contributed by atoms with van der Waals surface area (Å²) in [4.78, 5) is 7.54. The van der Waals surface area contributed by atoms with E-state index < -0.39 is 0 Å². The Hall–Kier alpha value is -1.05. The third-order valence-corrected chi connectivity index (χ3v) is 3.59. The zero-order chi connectivity index (χ0) is 12.4. The van der Waals surface area contributed by atoms with Crippen molar-refractivity contribution in [3.8, 4) is 10.7 Å². The summed E-state index contributed by atoms with van der Waals surface area (Å²) in [7, 11) is 4.06. The third-order valence-electron chi connectivity index (χ3n) is 2.30. The number of H-pyrrole nitrogens is 1. The van der Waals surface area contributed by atoms with Gasteiger partial charge in [-0.15, -0.1) is 11.3 Å². The van der Waals surface area contributed by atoms with Gasteiger partial charge in [-0.1, -0.05) is 0 Å². The number of rotatable bonds is 4. The number of aromatic nitrogens is 4. The van der Waals surface area contributed by atoms with E-state index in [0.717, 1.165) is 28.8 Å². The molecule has 0 bridgehead atoms. The van der Waals surface area contributed by atoms with Crippen molar-refractivity contribution in [1.82, 2.24) is 24.6 Å². The van der Waals surface area contributed by atoms with Crippen LogP contribution in [0.1, 0.15) is 11.9 Å². The smallest absolute Gasteiger partial charge is 0.195 e. The molecule has 0 aliphatic rings. The topological polar surface area (TPSA) is 49.7 Å². The molecule has 0 aliphatic carbocycles. The number of hydrogen-bond donors (Lipinski definition) is 1. The van der Waals surface area contributed by atoms with Crippen molar-refractivity contribution in [3.63, 3.8) is 0 Å². The summed E-state index contributed by atoms with van der Waals surface area (Å²) in [5, 5.41) is 8.16. The molecule has 92 valence electrons. The van der Waals surface area contributed by atoms with E-state index in [4.69, 9.17) is 12.2 Å². The fraction of sp³-hybridized carbons (Fsp3) is 0.500. The van der Waals surface area contributed by atoms with Crippen LogP contribution in [0, 0.1) is 4.77 Å². The van der Waals surface area contributed by atoms with E-state index in [1.54, 1.807) is 11.3 Å². The average Bonchev–Trinajstić information content (AvgIpc) is 2.83. The zero-order valence-electron chi connectivity index (χ0n) is 10.1. The molecule has 0 amide bonds. The standard InChI is InChI=1S/C10H15N5S2/c1-4-15-9(12-13-10(15)16)7-5-11-8(17-7)6-14(2)3/h5H,4,6H2,1-3H3,(H,13,16). The molecule has 2 aromatic heterocycles. The lowest BCUT2D eigenvalue weighted by Crippen LogP contribution is -2.09. The van der Waals surface area contributed by atoms with Gasteiger partial charge in [-0.25, -0.2) is 4.98 Å². The lowest BCUT2D eigenvalue weighted by atomic mass is 10.5. The molecule has 0 fully saturated rings. The van der Waals surface area contributed by atoms with Gasteiger partial charge in [-0.3, -0.25) is 9.67 Å². The van der Waals surface area contributed by atoms with Crippen LogP contribution in [0.25, 0.3) is 10.7 Å². The van der Waals surface area contributed by atoms with E-state index in [1.165, 1.54) is 0 Å². The lowest BCUT2D eigenvalue weighted by Gasteiger charge is -2.04. The summed E-state index contributed by atoms with van der Waals surface area (Å²) in [6.45, 7) is 3.71. The molecule has 0 unspecified atom stereocenters. The van der Waals surface area contributed by atoms with E-state index in [1.807, 2.05) is 24.9 Å². The molecule has 0 atom stereocenters. The lowest BCUT2D eigenvalue weighted by molar-refractivity contribution is 0.401. The van der Waals surface area contributed by atoms with E-state index >= 15 is 0 Å². The van der Waals surface area contributed by atoms with Gasteiger partial charge in [0.15, 0.2) is 10.6 Å². The van der Waals surface area contributed by atoms with Crippen LogP contribution in [0.15, 0.2) is 6.20 Å². The van der Waals surface area contributed by atoms with Crippen molar-refractivity contribution in [2.45, 2.75) is 20.0 Å². The summed E-state index contributed by atoms with van der Waals surface area (Å²) in [6, 6.07) is 0. The number of nitrogens with one attached hydrogen (secondary N) is 1. The van der Waals surface area contributed by atoms with Gasteiger partial charge in [0.25, 0.3) is 0 Å². The highest BCUT2D eigenvalue weighted by molar-refractivity contribution is 7.71. The first-order chi connectivity index (χ1) is 8.11. The van der Waals surface area contributed by atoms with Crippen molar-refractivity contribution >= 4 is 23.6 Å². The molecule has 5 nitrogen and oxygen atoms in total. The van der Waals surface area contributed by atoms with E-state index in [2.05, 4.69) is 27.0 Å². The Morgan fingerprint density at radius 1 is 1.53 bits per heavy atom. The third kappa shape index (κ3) is 2.62. The van der Waals surface area contributed by atoms with Gasteiger partial charge in [-0.2, -0.15) is 5.10 Å². The Morgan fingerprint density at radius 3 is 2.94 bits per heavy atom. The molecule has 2 aromatic rings. The number of thiazole rings is 1. The van der Waals surface area contributed by atoms with Crippen molar-refractivity contribution < 1.29 is 0 Å². The minimum absolute atomic E-state index is 0.657. The van der Waals surface area contributed by atoms with Crippen LogP contribution in [0.5, 0.6) is 0 Å². The number of nitrogens with zero attached hydrogens (tertiary/aromatic N) is 4. The molecule has 2 heterocycles. The second kappa shape index (κ2) is 5.07. The van der Waals surface area contributed by atoms with Crippen LogP contribution in [-0.2, 0) is 13.1 Å². The molecular weight excluding hydrogens is 254 g/mol. The van der Waals surface area contributed by atoms with Crippen LogP contribution in [0.4, 0.5) is 0 Å². The molecule has 0 saturated carbocycles. The predicted octanol–water partition coefficient (Wildman–Crippen LogP) is 2.15. The van der Waals surface area contributed by atoms with Crippen molar-refractivity contribution in [3.05, 3.63) is 16.0 Å². The number of hydrogen-bond acceptors (Lipinski definition) is 5. The first-order valence-corrected chi connectivity index (χ1v) is 6.59. The average molecular weight is 269 g/mol. The quantitative estimate of drug-likeness (QED) is 0.864. The molecule has 0 aliphatic heterocycles. The molecule has 0 aromatic carbocycles. The maximum absolute atomic E-state index is 5.17. The minimum Gasteiger partial charge on any atom is -0.303 e. The fourth-order valence-electron chi connectivity index (χ4n) is 1.56. The largest absolute Gasteiger partial charge is 0.303 e. The Bertz CT molecular complexity index is 551. The maximum atomic E-state index is 5.17. The van der Waals surface area contributed by atoms with E-state index in [0.29, 0.717) is 4.77 Å². The highest BCUT2D eigenvalue weighted by Crippen LogP contribution is 2.24. The first-order valence-electron chi connectivity index (χ1n) is 5.36. The Balaban J connectivity index is 2.33. The van der Waals surface area contributed by atoms with Crippen LogP contribution in [0.2, 0.25) is 0 Å². The summed E-state index contributed by atoms with van der Waals surface area (Å²) < 4.78 is 2.63. The zero-order valence-corrected chi connectivity index (χ0v) is 11.7. The molecule has 2 rings (SSSR count). The van der Waals surface area contributed by atoms with Gasteiger partial charge in [0, 0.05) is 19.3 Å². The Morgan fingerprint density at radius 2 is 2.29 bits per heavy atom. The van der Waals surface area contributed by atoms with Gasteiger partial charge in [0.1, 0.15) is 5.01 Å². The van der Waals surface area contributed by atoms with Crippen LogP contribution in [-0.4, -0.2) is 38.7 Å². The van der Waals surface area contributed by atoms with Crippen molar-refractivity contribution in [1.29, 1.82) is 0 Å². The second-order valence-corrected chi connectivity index (χ2v) is 5.45. The van der Waals surface area contributed by atoms with Crippen molar-refractivity contribution in [2.24, 2.45) is 0 Å². The monoisotopic (exact) mass is 269 g/mol. The van der Waals surface area contributed by atoms with Crippen LogP contribution in [0.3, 0.4) is 0 Å². The molecule has 0 saturated heterocycles. The second-order valence-electron chi connectivity index (χ2n) is 3.95. The van der Waals surface area contributed by atoms with Gasteiger partial charge in [0.05, 0.1) is 4.88 Å². The maximum Gasteiger partial charge on any atom is 0.195 e. The van der Waals surface area contributed by atoms with Gasteiger partial charge < -0.3 is 4.90 Å². The summed E-state index contributed by atoms with van der Waals surface area (Å²) >= 11 is 6.82. The van der Waals surface area contributed by atoms with Gasteiger partial charge >= 0.3 is 0 Å². The van der Waals surface area contributed by atoms with Crippen molar-refractivity contribution in [2.75, 3.05) is 14.1 Å². The molecule has 1 N–H and O–H groups in total. The normalized spacial score (nSPS) is 11.3. The molecule has 7 heteroatoms. The summed E-state index contributed by atoms with van der Waals surface area (Å²) in [6.07, 6.45) is 1.86. The first kappa shape index (κ1) is 12.4. The highest BCUT2D eigenvalue weighted by Gasteiger charge is 2.11. The molecule has 0 radical (unpaired) electrons. The molecule has 0 spiro atoms. The minimum atomic E-state index is 0.657. The summed E-state index contributed by atoms with van der Waals surface area (Å²) in [5.41, 5.74) is 0. The van der Waals surface area contributed by atoms with Gasteiger partial charge in [0.2, 0.25) is 0 Å². The SMILES string of the molecule is CCn1c(-c2cnc(CN(C)C)s2)n[nH]c1=S. The fourth-order valence-corrected chi connectivity index (χ4v) is 2.85. The predicted molar refractivity (Wildman–Crippen MR) is 71.6 cm³/mol. The summed E-state index contributed by atoms with van der Waals surface area (Å²) in [5.74, 6) is 0.875. The van der Waals surface area contributed by atoms with Crippen LogP contribution >= 0.6 is 23.6 Å². The molecular formula is C10H15N5S2. The van der Waals surface area contributed by atoms with E-state index in [9.17, 15) is 0 Å². The Kier molecular flexibility index (Phi) is 3.70. The number of aromatic amines is 1. The Labute approximate surface area is 109 Å². The highest BCUT2D eigenvalue weighted by atomic mass is 32.1. The van der Waals surface area contributed by atoms with E-state index in [-0.39, 0.29) is 0 Å². The van der Waals surface area contributed by atoms with Gasteiger partial charge in [-0.05, 0) is 33.2 Å².